The molecule has 5 nitrogen and oxygen atoms in total. The van der Waals surface area contributed by atoms with E-state index in [9.17, 15) is 14.7 Å². The molecule has 1 rings (SSSR count). The summed E-state index contributed by atoms with van der Waals surface area (Å²) in [6, 6.07) is -0.388. The molecule has 0 spiro atoms. The molecule has 1 aliphatic rings. The van der Waals surface area contributed by atoms with E-state index in [4.69, 9.17) is 0 Å². The van der Waals surface area contributed by atoms with Crippen molar-refractivity contribution < 1.29 is 14.7 Å². The summed E-state index contributed by atoms with van der Waals surface area (Å²) in [6.45, 7) is 4.57. The predicted octanol–water partition coefficient (Wildman–Crippen LogP) is 1.82. The normalized spacial score (nSPS) is 18.4. The van der Waals surface area contributed by atoms with Gasteiger partial charge in [0.1, 0.15) is 5.54 Å². The summed E-state index contributed by atoms with van der Waals surface area (Å²) < 4.78 is -0.0522. The van der Waals surface area contributed by atoms with Crippen LogP contribution in [0.3, 0.4) is 0 Å². The number of amides is 2. The maximum absolute atomic E-state index is 11.8. The third-order valence-electron chi connectivity index (χ3n) is 3.45. The molecule has 18 heavy (non-hydrogen) atoms. The van der Waals surface area contributed by atoms with Crippen molar-refractivity contribution in [3.05, 3.63) is 0 Å². The number of carbonyl (C=O) groups is 2. The van der Waals surface area contributed by atoms with Crippen molar-refractivity contribution in [2.75, 3.05) is 12.8 Å². The molecule has 0 unspecified atom stereocenters. The van der Waals surface area contributed by atoms with E-state index in [0.717, 1.165) is 12.8 Å². The quantitative estimate of drug-likeness (QED) is 0.714. The zero-order valence-electron chi connectivity index (χ0n) is 11.2. The lowest BCUT2D eigenvalue weighted by Gasteiger charge is -2.27. The maximum atomic E-state index is 11.8. The Labute approximate surface area is 112 Å². The minimum Gasteiger partial charge on any atom is -0.480 e. The summed E-state index contributed by atoms with van der Waals surface area (Å²) in [5.41, 5.74) is -1.06. The monoisotopic (exact) mass is 274 g/mol. The van der Waals surface area contributed by atoms with Crippen LogP contribution in [0.4, 0.5) is 4.79 Å². The first-order valence-electron chi connectivity index (χ1n) is 6.16. The van der Waals surface area contributed by atoms with Crippen LogP contribution in [0.5, 0.6) is 0 Å². The topological polar surface area (TPSA) is 78.4 Å². The van der Waals surface area contributed by atoms with Crippen LogP contribution in [0.25, 0.3) is 0 Å². The van der Waals surface area contributed by atoms with Gasteiger partial charge in [0.2, 0.25) is 0 Å². The molecule has 0 aliphatic heterocycles. The van der Waals surface area contributed by atoms with Crippen LogP contribution in [0, 0.1) is 0 Å². The number of hydrogen-bond donors (Lipinski definition) is 3. The van der Waals surface area contributed by atoms with Gasteiger partial charge in [-0.25, -0.2) is 9.59 Å². The van der Waals surface area contributed by atoms with Crippen LogP contribution in [0.15, 0.2) is 0 Å². The standard InChI is InChI=1S/C12H22N2O3S/c1-11(2,18-3)8-13-10(17)14-12(9(15)16)6-4-5-7-12/h4-8H2,1-3H3,(H,15,16)(H2,13,14,17). The summed E-state index contributed by atoms with van der Waals surface area (Å²) in [7, 11) is 0. The first-order valence-corrected chi connectivity index (χ1v) is 7.38. The van der Waals surface area contributed by atoms with Crippen LogP contribution in [0.1, 0.15) is 39.5 Å². The second-order valence-electron chi connectivity index (χ2n) is 5.37. The number of carboxylic acids is 1. The van der Waals surface area contributed by atoms with E-state index in [0.29, 0.717) is 19.4 Å². The van der Waals surface area contributed by atoms with Crippen molar-refractivity contribution in [1.82, 2.24) is 10.6 Å². The Morgan fingerprint density at radius 2 is 1.89 bits per heavy atom. The SMILES string of the molecule is CSC(C)(C)CNC(=O)NC1(C(=O)O)CCCC1. The highest BCUT2D eigenvalue weighted by atomic mass is 32.2. The van der Waals surface area contributed by atoms with Crippen molar-refractivity contribution in [1.29, 1.82) is 0 Å². The average Bonchev–Trinajstić information content (AvgIpc) is 2.76. The number of carbonyl (C=O) groups excluding carboxylic acids is 1. The van der Waals surface area contributed by atoms with Crippen LogP contribution < -0.4 is 10.6 Å². The van der Waals surface area contributed by atoms with Crippen molar-refractivity contribution in [2.24, 2.45) is 0 Å². The molecular formula is C12H22N2O3S. The molecule has 1 fully saturated rings. The third kappa shape index (κ3) is 3.80. The number of rotatable bonds is 5. The van der Waals surface area contributed by atoms with Gasteiger partial charge in [-0.3, -0.25) is 0 Å². The fourth-order valence-electron chi connectivity index (χ4n) is 2.00. The summed E-state index contributed by atoms with van der Waals surface area (Å²) in [4.78, 5) is 23.0. The van der Waals surface area contributed by atoms with Gasteiger partial charge in [0, 0.05) is 11.3 Å². The molecular weight excluding hydrogens is 252 g/mol. The maximum Gasteiger partial charge on any atom is 0.329 e. The van der Waals surface area contributed by atoms with Gasteiger partial charge in [0.15, 0.2) is 0 Å². The Hall–Kier alpha value is -0.910. The summed E-state index contributed by atoms with van der Waals surface area (Å²) in [5, 5.41) is 14.6. The molecule has 0 radical (unpaired) electrons. The van der Waals surface area contributed by atoms with E-state index in [2.05, 4.69) is 10.6 Å². The van der Waals surface area contributed by atoms with Gasteiger partial charge in [-0.1, -0.05) is 12.8 Å². The van der Waals surface area contributed by atoms with Crippen LogP contribution in [0.2, 0.25) is 0 Å². The van der Waals surface area contributed by atoms with Gasteiger partial charge in [0.05, 0.1) is 0 Å². The van der Waals surface area contributed by atoms with Crippen molar-refractivity contribution in [3.8, 4) is 0 Å². The zero-order chi connectivity index (χ0) is 13.8. The smallest absolute Gasteiger partial charge is 0.329 e. The lowest BCUT2D eigenvalue weighted by Crippen LogP contribution is -2.56. The van der Waals surface area contributed by atoms with E-state index < -0.39 is 11.5 Å². The van der Waals surface area contributed by atoms with Gasteiger partial charge in [-0.05, 0) is 32.9 Å². The number of aliphatic carboxylic acids is 1. The lowest BCUT2D eigenvalue weighted by molar-refractivity contribution is -0.144. The molecule has 1 saturated carbocycles. The molecule has 0 heterocycles. The van der Waals surface area contributed by atoms with Crippen LogP contribution in [-0.2, 0) is 4.79 Å². The Kier molecular flexibility index (Phi) is 4.90. The Morgan fingerprint density at radius 3 is 2.33 bits per heavy atom. The molecule has 0 aromatic rings. The molecule has 0 saturated heterocycles. The second-order valence-corrected chi connectivity index (χ2v) is 6.88. The van der Waals surface area contributed by atoms with Crippen LogP contribution >= 0.6 is 11.8 Å². The minimum atomic E-state index is -1.06. The van der Waals surface area contributed by atoms with E-state index in [-0.39, 0.29) is 10.8 Å². The fraction of sp³-hybridized carbons (Fsp3) is 0.833. The van der Waals surface area contributed by atoms with E-state index in [1.165, 1.54) is 0 Å². The fourth-order valence-corrected chi connectivity index (χ4v) is 2.21. The van der Waals surface area contributed by atoms with Crippen molar-refractivity contribution in [2.45, 2.75) is 49.8 Å². The Bertz CT molecular complexity index is 325. The molecule has 2 amide bonds. The summed E-state index contributed by atoms with van der Waals surface area (Å²) >= 11 is 1.66. The number of nitrogens with one attached hydrogen (secondary N) is 2. The van der Waals surface area contributed by atoms with Gasteiger partial charge in [-0.15, -0.1) is 0 Å². The summed E-state index contributed by atoms with van der Waals surface area (Å²) in [6.07, 6.45) is 4.71. The predicted molar refractivity (Wildman–Crippen MR) is 73.0 cm³/mol. The highest BCUT2D eigenvalue weighted by Gasteiger charge is 2.42. The number of hydrogen-bond acceptors (Lipinski definition) is 3. The molecule has 1 aliphatic carbocycles. The molecule has 0 aromatic heterocycles. The van der Waals surface area contributed by atoms with Gasteiger partial charge in [-0.2, -0.15) is 11.8 Å². The largest absolute Gasteiger partial charge is 0.480 e. The number of thioether (sulfide) groups is 1. The lowest BCUT2D eigenvalue weighted by atomic mass is 9.98. The third-order valence-corrected chi connectivity index (χ3v) is 4.70. The number of carboxylic acid groups (broad SMARTS) is 1. The van der Waals surface area contributed by atoms with E-state index in [1.807, 2.05) is 20.1 Å². The number of urea groups is 1. The van der Waals surface area contributed by atoms with E-state index >= 15 is 0 Å². The highest BCUT2D eigenvalue weighted by molar-refractivity contribution is 7.99. The van der Waals surface area contributed by atoms with E-state index in [1.54, 1.807) is 11.8 Å². The molecule has 0 atom stereocenters. The Balaban J connectivity index is 2.51. The first kappa shape index (κ1) is 15.1. The van der Waals surface area contributed by atoms with Crippen molar-refractivity contribution >= 4 is 23.8 Å². The van der Waals surface area contributed by atoms with Crippen molar-refractivity contribution in [3.63, 3.8) is 0 Å². The average molecular weight is 274 g/mol. The summed E-state index contributed by atoms with van der Waals surface area (Å²) in [5.74, 6) is -0.931. The van der Waals surface area contributed by atoms with Gasteiger partial charge >= 0.3 is 12.0 Å². The second kappa shape index (κ2) is 5.82. The zero-order valence-corrected chi connectivity index (χ0v) is 12.0. The van der Waals surface area contributed by atoms with Crippen LogP contribution in [-0.4, -0.2) is 40.2 Å². The molecule has 0 bridgehead atoms. The Morgan fingerprint density at radius 1 is 1.33 bits per heavy atom. The highest BCUT2D eigenvalue weighted by Crippen LogP contribution is 2.29. The first-order chi connectivity index (χ1) is 8.31. The molecule has 0 aromatic carbocycles. The van der Waals surface area contributed by atoms with Gasteiger partial charge < -0.3 is 15.7 Å². The molecule has 6 heteroatoms. The van der Waals surface area contributed by atoms with Gasteiger partial charge in [0.25, 0.3) is 0 Å². The minimum absolute atomic E-state index is 0.0522. The molecule has 104 valence electrons. The molecule has 3 N–H and O–H groups in total.